The van der Waals surface area contributed by atoms with Crippen LogP contribution < -0.4 is 17.1 Å². The lowest BCUT2D eigenvalue weighted by atomic mass is 10.2. The minimum absolute atomic E-state index is 0.0286. The molecule has 0 aliphatic carbocycles. The molecule has 0 spiro atoms. The molecule has 29 heavy (non-hydrogen) atoms. The zero-order valence-corrected chi connectivity index (χ0v) is 15.0. The first kappa shape index (κ1) is 21.9. The van der Waals surface area contributed by atoms with Crippen molar-refractivity contribution in [2.24, 2.45) is 5.16 Å². The number of rotatable bonds is 5. The molecule has 0 fully saturated rings. The number of carboxylic acids is 1. The minimum Gasteiger partial charge on any atom is -0.478 e. The fourth-order valence-corrected chi connectivity index (χ4v) is 2.24. The van der Waals surface area contributed by atoms with Gasteiger partial charge in [-0.2, -0.15) is 13.2 Å². The lowest BCUT2D eigenvalue weighted by Gasteiger charge is -2.14. The highest BCUT2D eigenvalue weighted by Gasteiger charge is 2.36. The molecule has 0 saturated carbocycles. The summed E-state index contributed by atoms with van der Waals surface area (Å²) in [6, 6.07) is 1.52. The summed E-state index contributed by atoms with van der Waals surface area (Å²) >= 11 is 5.82. The van der Waals surface area contributed by atoms with Gasteiger partial charge in [-0.25, -0.2) is 23.2 Å². The van der Waals surface area contributed by atoms with E-state index >= 15 is 0 Å². The van der Waals surface area contributed by atoms with Crippen LogP contribution in [0.15, 0.2) is 32.9 Å². The van der Waals surface area contributed by atoms with Crippen LogP contribution in [-0.2, 0) is 15.8 Å². The minimum atomic E-state index is -5.10. The summed E-state index contributed by atoms with van der Waals surface area (Å²) in [5.74, 6) is 2.57. The molecule has 2 aromatic rings. The van der Waals surface area contributed by atoms with Crippen molar-refractivity contribution in [3.8, 4) is 5.69 Å². The van der Waals surface area contributed by atoms with Gasteiger partial charge in [-0.05, 0) is 19.1 Å². The monoisotopic (exact) mass is 438 g/mol. The molecular weight excluding hydrogens is 428 g/mol. The second kappa shape index (κ2) is 7.95. The molecule has 1 atom stereocenters. The van der Waals surface area contributed by atoms with Crippen molar-refractivity contribution in [2.45, 2.75) is 19.2 Å². The van der Waals surface area contributed by atoms with E-state index in [-0.39, 0.29) is 25.9 Å². The van der Waals surface area contributed by atoms with Gasteiger partial charge in [0.25, 0.3) is 5.56 Å². The van der Waals surface area contributed by atoms with Crippen LogP contribution in [0.2, 0.25) is 5.02 Å². The largest absolute Gasteiger partial charge is 0.478 e. The van der Waals surface area contributed by atoms with Gasteiger partial charge in [-0.3, -0.25) is 4.79 Å². The van der Waals surface area contributed by atoms with E-state index in [4.69, 9.17) is 22.6 Å². The number of nitrogens with zero attached hydrogens (tertiary/aromatic N) is 3. The van der Waals surface area contributed by atoms with Crippen LogP contribution in [-0.4, -0.2) is 32.6 Å². The van der Waals surface area contributed by atoms with E-state index in [0.717, 1.165) is 12.3 Å². The first-order chi connectivity index (χ1) is 13.3. The Bertz CT molecular complexity index is 1110. The van der Waals surface area contributed by atoms with Gasteiger partial charge in [-0.1, -0.05) is 16.8 Å². The lowest BCUT2D eigenvalue weighted by molar-refractivity contribution is -0.149. The Kier molecular flexibility index (Phi) is 6.01. The molecule has 14 heteroatoms. The summed E-state index contributed by atoms with van der Waals surface area (Å²) in [5, 5.41) is 11.8. The molecule has 1 heterocycles. The predicted molar refractivity (Wildman–Crippen MR) is 92.2 cm³/mol. The Morgan fingerprint density at radius 1 is 1.34 bits per heavy atom. The zero-order valence-electron chi connectivity index (χ0n) is 14.3. The fraction of sp³-hybridized carbons (Fsp3) is 0.200. The molecule has 0 aliphatic rings. The number of halogens is 5. The van der Waals surface area contributed by atoms with Crippen LogP contribution in [0.4, 0.5) is 17.6 Å². The Labute approximate surface area is 163 Å². The van der Waals surface area contributed by atoms with Crippen molar-refractivity contribution >= 4 is 23.8 Å². The van der Waals surface area contributed by atoms with Gasteiger partial charge < -0.3 is 15.8 Å². The van der Waals surface area contributed by atoms with E-state index in [0.29, 0.717) is 6.07 Å². The molecule has 0 saturated heterocycles. The third-order valence-electron chi connectivity index (χ3n) is 3.49. The van der Waals surface area contributed by atoms with Gasteiger partial charge in [0.05, 0.1) is 16.9 Å². The van der Waals surface area contributed by atoms with E-state index in [1.807, 2.05) is 0 Å². The SMILES string of the molecule is C[C@H](O/N=C/c1cc(-n2c(=O)cc(C(F)(F)F)n(N)c2=O)c(F)cc1Cl)C(=O)O. The van der Waals surface area contributed by atoms with E-state index in [9.17, 15) is 31.9 Å². The number of aromatic nitrogens is 2. The average molecular weight is 439 g/mol. The molecule has 9 nitrogen and oxygen atoms in total. The quantitative estimate of drug-likeness (QED) is 0.314. The third kappa shape index (κ3) is 4.56. The molecule has 2 rings (SSSR count). The maximum atomic E-state index is 14.3. The molecular formula is C15H11ClF4N4O5. The smallest absolute Gasteiger partial charge is 0.433 e. The zero-order chi connectivity index (χ0) is 22.1. The normalized spacial score (nSPS) is 12.9. The van der Waals surface area contributed by atoms with Crippen molar-refractivity contribution in [3.63, 3.8) is 0 Å². The maximum absolute atomic E-state index is 14.3. The number of nitrogen functional groups attached to an aromatic ring is 1. The van der Waals surface area contributed by atoms with Crippen LogP contribution in [0, 0.1) is 5.82 Å². The van der Waals surface area contributed by atoms with Crippen molar-refractivity contribution in [1.82, 2.24) is 9.24 Å². The molecule has 0 bridgehead atoms. The predicted octanol–water partition coefficient (Wildman–Crippen LogP) is 1.35. The summed E-state index contributed by atoms with van der Waals surface area (Å²) in [6.45, 7) is 1.17. The molecule has 1 aromatic carbocycles. The third-order valence-corrected chi connectivity index (χ3v) is 3.82. The summed E-state index contributed by atoms with van der Waals surface area (Å²) in [7, 11) is 0. The summed E-state index contributed by atoms with van der Waals surface area (Å²) in [6.07, 6.45) is -5.56. The van der Waals surface area contributed by atoms with Gasteiger partial charge in [0.1, 0.15) is 5.82 Å². The van der Waals surface area contributed by atoms with Gasteiger partial charge in [0, 0.05) is 11.6 Å². The highest BCUT2D eigenvalue weighted by Crippen LogP contribution is 2.27. The molecule has 156 valence electrons. The molecule has 0 unspecified atom stereocenters. The Morgan fingerprint density at radius 3 is 2.52 bits per heavy atom. The Morgan fingerprint density at radius 2 is 1.97 bits per heavy atom. The average Bonchev–Trinajstić information content (AvgIpc) is 2.60. The fourth-order valence-electron chi connectivity index (χ4n) is 2.04. The van der Waals surface area contributed by atoms with Crippen LogP contribution in [0.3, 0.4) is 0 Å². The molecule has 1 aromatic heterocycles. The lowest BCUT2D eigenvalue weighted by Crippen LogP contribution is -2.45. The number of nitrogens with two attached hydrogens (primary N) is 1. The van der Waals surface area contributed by atoms with Crippen molar-refractivity contribution in [3.05, 3.63) is 61.1 Å². The Hall–Kier alpha value is -3.35. The summed E-state index contributed by atoms with van der Waals surface area (Å²) in [4.78, 5) is 39.5. The first-order valence-electron chi connectivity index (χ1n) is 7.47. The highest BCUT2D eigenvalue weighted by atomic mass is 35.5. The van der Waals surface area contributed by atoms with Crippen LogP contribution in [0.5, 0.6) is 0 Å². The number of alkyl halides is 3. The second-order valence-corrected chi connectivity index (χ2v) is 5.91. The van der Waals surface area contributed by atoms with Gasteiger partial charge in [0.15, 0.2) is 5.69 Å². The maximum Gasteiger partial charge on any atom is 0.433 e. The van der Waals surface area contributed by atoms with E-state index < -0.39 is 46.7 Å². The first-order valence-corrected chi connectivity index (χ1v) is 7.85. The second-order valence-electron chi connectivity index (χ2n) is 5.50. The Balaban J connectivity index is 2.61. The number of oxime groups is 1. The summed E-state index contributed by atoms with van der Waals surface area (Å²) in [5.41, 5.74) is -5.77. The van der Waals surface area contributed by atoms with E-state index in [1.165, 1.54) is 6.92 Å². The molecule has 0 radical (unpaired) electrons. The topological polar surface area (TPSA) is 129 Å². The van der Waals surface area contributed by atoms with Crippen LogP contribution in [0.1, 0.15) is 18.2 Å². The van der Waals surface area contributed by atoms with E-state index in [1.54, 1.807) is 0 Å². The molecule has 0 amide bonds. The number of aliphatic carboxylic acids is 1. The van der Waals surface area contributed by atoms with Crippen molar-refractivity contribution < 1.29 is 32.3 Å². The van der Waals surface area contributed by atoms with Gasteiger partial charge >= 0.3 is 17.8 Å². The number of carbonyl (C=O) groups is 1. The van der Waals surface area contributed by atoms with Crippen molar-refractivity contribution in [2.75, 3.05) is 5.84 Å². The van der Waals surface area contributed by atoms with Gasteiger partial charge in [-0.15, -0.1) is 0 Å². The highest BCUT2D eigenvalue weighted by molar-refractivity contribution is 6.33. The number of carboxylic acid groups (broad SMARTS) is 1. The number of hydrogen-bond donors (Lipinski definition) is 2. The molecule has 0 aliphatic heterocycles. The van der Waals surface area contributed by atoms with Crippen LogP contribution >= 0.6 is 11.6 Å². The van der Waals surface area contributed by atoms with Gasteiger partial charge in [0.2, 0.25) is 6.10 Å². The van der Waals surface area contributed by atoms with Crippen LogP contribution in [0.25, 0.3) is 5.69 Å². The summed E-state index contributed by atoms with van der Waals surface area (Å²) < 4.78 is 52.6. The molecule has 3 N–H and O–H groups in total. The van der Waals surface area contributed by atoms with E-state index in [2.05, 4.69) is 9.99 Å². The van der Waals surface area contributed by atoms with Crippen molar-refractivity contribution in [1.29, 1.82) is 0 Å². The standard InChI is InChI=1S/C15H11ClF4N4O5/c1-6(13(26)27)29-22-5-7-2-10(9(17)3-8(7)16)23-12(25)4-11(15(18,19)20)24(21)14(23)28/h2-6H,21H2,1H3,(H,26,27)/b22-5+/t6-/m0/s1. The number of hydrogen-bond acceptors (Lipinski definition) is 6. The number of benzene rings is 1.